The molecular formula is C13H17FN2O2S. The highest BCUT2D eigenvalue weighted by molar-refractivity contribution is 7.98. The maximum Gasteiger partial charge on any atom is 0.170 e. The number of oxime groups is 1. The van der Waals surface area contributed by atoms with Crippen molar-refractivity contribution in [1.82, 2.24) is 0 Å². The molecule has 1 atom stereocenters. The van der Waals surface area contributed by atoms with Gasteiger partial charge in [0.05, 0.1) is 6.10 Å². The van der Waals surface area contributed by atoms with E-state index in [1.165, 1.54) is 6.07 Å². The van der Waals surface area contributed by atoms with Crippen LogP contribution in [0.3, 0.4) is 0 Å². The number of benzene rings is 1. The second-order valence-corrected chi connectivity index (χ2v) is 5.47. The summed E-state index contributed by atoms with van der Waals surface area (Å²) in [4.78, 5) is 0. The number of hydrogen-bond donors (Lipinski definition) is 2. The summed E-state index contributed by atoms with van der Waals surface area (Å²) in [6.45, 7) is 0.841. The molecule has 0 radical (unpaired) electrons. The van der Waals surface area contributed by atoms with Crippen molar-refractivity contribution in [2.45, 2.75) is 24.7 Å². The fourth-order valence-corrected chi connectivity index (χ4v) is 3.06. The Morgan fingerprint density at radius 1 is 1.58 bits per heavy atom. The van der Waals surface area contributed by atoms with E-state index in [1.54, 1.807) is 23.9 Å². The lowest BCUT2D eigenvalue weighted by Gasteiger charge is -2.09. The maximum absolute atomic E-state index is 13.8. The highest BCUT2D eigenvalue weighted by Crippen LogP contribution is 2.22. The van der Waals surface area contributed by atoms with E-state index in [-0.39, 0.29) is 11.7 Å². The molecule has 1 aromatic rings. The van der Waals surface area contributed by atoms with Gasteiger partial charge < -0.3 is 15.7 Å². The summed E-state index contributed by atoms with van der Waals surface area (Å²) in [6, 6.07) is 4.61. The van der Waals surface area contributed by atoms with Crippen molar-refractivity contribution in [3.05, 3.63) is 35.1 Å². The molecule has 1 saturated heterocycles. The largest absolute Gasteiger partial charge is 0.409 e. The quantitative estimate of drug-likeness (QED) is 0.377. The van der Waals surface area contributed by atoms with Crippen molar-refractivity contribution < 1.29 is 14.3 Å². The van der Waals surface area contributed by atoms with Crippen LogP contribution in [0.4, 0.5) is 4.39 Å². The molecular weight excluding hydrogens is 267 g/mol. The van der Waals surface area contributed by atoms with Gasteiger partial charge >= 0.3 is 0 Å². The van der Waals surface area contributed by atoms with Gasteiger partial charge in [-0.2, -0.15) is 11.8 Å². The Kier molecular flexibility index (Phi) is 5.04. The predicted molar refractivity (Wildman–Crippen MR) is 74.0 cm³/mol. The first-order chi connectivity index (χ1) is 9.20. The van der Waals surface area contributed by atoms with Gasteiger partial charge in [-0.1, -0.05) is 17.3 Å². The zero-order chi connectivity index (χ0) is 13.7. The molecule has 1 aliphatic rings. The van der Waals surface area contributed by atoms with Gasteiger partial charge in [0.15, 0.2) is 5.84 Å². The zero-order valence-electron chi connectivity index (χ0n) is 10.5. The van der Waals surface area contributed by atoms with Gasteiger partial charge in [-0.05, 0) is 24.5 Å². The van der Waals surface area contributed by atoms with Crippen LogP contribution in [0.5, 0.6) is 0 Å². The van der Waals surface area contributed by atoms with E-state index >= 15 is 0 Å². The summed E-state index contributed by atoms with van der Waals surface area (Å²) in [5.74, 6) is 1.07. The Morgan fingerprint density at radius 2 is 2.42 bits per heavy atom. The van der Waals surface area contributed by atoms with Crippen LogP contribution in [0.25, 0.3) is 0 Å². The van der Waals surface area contributed by atoms with Crippen LogP contribution in [0, 0.1) is 5.82 Å². The molecule has 3 N–H and O–H groups in total. The highest BCUT2D eigenvalue weighted by atomic mass is 32.2. The average molecular weight is 284 g/mol. The summed E-state index contributed by atoms with van der Waals surface area (Å²) < 4.78 is 19.3. The summed E-state index contributed by atoms with van der Waals surface area (Å²) in [5.41, 5.74) is 6.41. The molecule has 1 heterocycles. The van der Waals surface area contributed by atoms with Crippen molar-refractivity contribution in [3.8, 4) is 0 Å². The number of nitrogens with zero attached hydrogens (tertiary/aromatic N) is 1. The van der Waals surface area contributed by atoms with E-state index < -0.39 is 0 Å². The second-order valence-electron chi connectivity index (χ2n) is 4.44. The first kappa shape index (κ1) is 14.1. The molecule has 1 unspecified atom stereocenters. The van der Waals surface area contributed by atoms with Gasteiger partial charge in [-0.25, -0.2) is 4.39 Å². The normalized spacial score (nSPS) is 19.8. The van der Waals surface area contributed by atoms with Gasteiger partial charge in [0, 0.05) is 23.7 Å². The maximum atomic E-state index is 13.8. The monoisotopic (exact) mass is 284 g/mol. The molecule has 1 aromatic carbocycles. The van der Waals surface area contributed by atoms with Crippen LogP contribution in [-0.2, 0) is 10.5 Å². The number of ether oxygens (including phenoxy) is 1. The molecule has 6 heteroatoms. The number of rotatable bonds is 5. The van der Waals surface area contributed by atoms with Crippen LogP contribution in [0.1, 0.15) is 24.0 Å². The van der Waals surface area contributed by atoms with Gasteiger partial charge in [0.1, 0.15) is 5.82 Å². The third kappa shape index (κ3) is 3.84. The van der Waals surface area contributed by atoms with E-state index in [0.29, 0.717) is 23.0 Å². The third-order valence-electron chi connectivity index (χ3n) is 3.04. The first-order valence-electron chi connectivity index (χ1n) is 6.16. The highest BCUT2D eigenvalue weighted by Gasteiger charge is 2.15. The SMILES string of the molecule is N/C(=N/O)c1ccc(CSCC2CCCO2)c(F)c1. The number of hydrogen-bond acceptors (Lipinski definition) is 4. The van der Waals surface area contributed by atoms with E-state index in [2.05, 4.69) is 5.16 Å². The minimum absolute atomic E-state index is 0.0857. The fraction of sp³-hybridized carbons (Fsp3) is 0.462. The molecule has 0 aromatic heterocycles. The number of nitrogens with two attached hydrogens (primary N) is 1. The molecule has 1 fully saturated rings. The van der Waals surface area contributed by atoms with E-state index in [1.807, 2.05) is 0 Å². The Hall–Kier alpha value is -1.27. The molecule has 104 valence electrons. The van der Waals surface area contributed by atoms with Crippen LogP contribution < -0.4 is 5.73 Å². The number of thioether (sulfide) groups is 1. The van der Waals surface area contributed by atoms with Crippen molar-refractivity contribution in [2.24, 2.45) is 10.9 Å². The van der Waals surface area contributed by atoms with Crippen LogP contribution in [0.2, 0.25) is 0 Å². The van der Waals surface area contributed by atoms with Gasteiger partial charge in [-0.3, -0.25) is 0 Å². The Labute approximate surface area is 115 Å². The van der Waals surface area contributed by atoms with Crippen molar-refractivity contribution in [3.63, 3.8) is 0 Å². The molecule has 4 nitrogen and oxygen atoms in total. The Morgan fingerprint density at radius 3 is 3.05 bits per heavy atom. The standard InChI is InChI=1S/C13H17FN2O2S/c14-12-6-9(13(15)16-17)3-4-10(12)7-19-8-11-2-1-5-18-11/h3-4,6,11,17H,1-2,5,7-8H2,(H2,15,16). The van der Waals surface area contributed by atoms with Crippen LogP contribution in [0.15, 0.2) is 23.4 Å². The van der Waals surface area contributed by atoms with Gasteiger partial charge in [0.25, 0.3) is 0 Å². The summed E-state index contributed by atoms with van der Waals surface area (Å²) >= 11 is 1.66. The average Bonchev–Trinajstić information content (AvgIpc) is 2.93. The topological polar surface area (TPSA) is 67.8 Å². The molecule has 0 amide bonds. The summed E-state index contributed by atoms with van der Waals surface area (Å²) in [7, 11) is 0. The van der Waals surface area contributed by atoms with Crippen molar-refractivity contribution >= 4 is 17.6 Å². The number of halogens is 1. The molecule has 2 rings (SSSR count). The van der Waals surface area contributed by atoms with Gasteiger partial charge in [0.2, 0.25) is 0 Å². The Bertz CT molecular complexity index is 462. The molecule has 0 spiro atoms. The lowest BCUT2D eigenvalue weighted by Crippen LogP contribution is -2.13. The van der Waals surface area contributed by atoms with E-state index in [0.717, 1.165) is 25.2 Å². The van der Waals surface area contributed by atoms with E-state index in [9.17, 15) is 4.39 Å². The minimum atomic E-state index is -0.330. The minimum Gasteiger partial charge on any atom is -0.409 e. The molecule has 0 bridgehead atoms. The molecule has 0 saturated carbocycles. The van der Waals surface area contributed by atoms with Crippen LogP contribution >= 0.6 is 11.8 Å². The fourth-order valence-electron chi connectivity index (χ4n) is 1.96. The van der Waals surface area contributed by atoms with Crippen molar-refractivity contribution in [1.29, 1.82) is 0 Å². The zero-order valence-corrected chi connectivity index (χ0v) is 11.3. The summed E-state index contributed by atoms with van der Waals surface area (Å²) in [6.07, 6.45) is 2.52. The lowest BCUT2D eigenvalue weighted by molar-refractivity contribution is 0.129. The first-order valence-corrected chi connectivity index (χ1v) is 7.32. The van der Waals surface area contributed by atoms with Gasteiger partial charge in [-0.15, -0.1) is 0 Å². The van der Waals surface area contributed by atoms with Crippen molar-refractivity contribution in [2.75, 3.05) is 12.4 Å². The molecule has 1 aliphatic heterocycles. The Balaban J connectivity index is 1.89. The lowest BCUT2D eigenvalue weighted by atomic mass is 10.1. The summed E-state index contributed by atoms with van der Waals surface area (Å²) in [5, 5.41) is 11.4. The second kappa shape index (κ2) is 6.77. The van der Waals surface area contributed by atoms with E-state index in [4.69, 9.17) is 15.7 Å². The number of amidine groups is 1. The van der Waals surface area contributed by atoms with Crippen LogP contribution in [-0.4, -0.2) is 29.5 Å². The smallest absolute Gasteiger partial charge is 0.170 e. The predicted octanol–water partition coefficient (Wildman–Crippen LogP) is 2.33. The third-order valence-corrected chi connectivity index (χ3v) is 4.16. The molecule has 0 aliphatic carbocycles. The molecule has 19 heavy (non-hydrogen) atoms.